The summed E-state index contributed by atoms with van der Waals surface area (Å²) in [5, 5.41) is 14.2. The number of hydrogen-bond donors (Lipinski definition) is 3. The monoisotopic (exact) mass is 424 g/mol. The van der Waals surface area contributed by atoms with Gasteiger partial charge in [0.15, 0.2) is 0 Å². The third-order valence-corrected chi connectivity index (χ3v) is 5.68. The minimum atomic E-state index is -0.667. The molecule has 1 aliphatic rings. The van der Waals surface area contributed by atoms with Crippen molar-refractivity contribution in [2.24, 2.45) is 0 Å². The first kappa shape index (κ1) is 22.8. The molecule has 3 N–H and O–H groups in total. The highest BCUT2D eigenvalue weighted by molar-refractivity contribution is 6.35. The maximum atomic E-state index is 12.3. The molecular weight excluding hydrogens is 392 g/mol. The van der Waals surface area contributed by atoms with Gasteiger partial charge in [0.1, 0.15) is 0 Å². The second-order valence-electron chi connectivity index (χ2n) is 8.03. The zero-order chi connectivity index (χ0) is 22.2. The first-order chi connectivity index (χ1) is 15.0. The van der Waals surface area contributed by atoms with Gasteiger partial charge >= 0.3 is 11.8 Å². The average Bonchev–Trinajstić information content (AvgIpc) is 2.79. The highest BCUT2D eigenvalue weighted by Crippen LogP contribution is 2.28. The maximum Gasteiger partial charge on any atom is 0.309 e. The van der Waals surface area contributed by atoms with E-state index in [1.54, 1.807) is 0 Å². The van der Waals surface area contributed by atoms with Gasteiger partial charge in [0.2, 0.25) is 0 Å². The number of amides is 2. The van der Waals surface area contributed by atoms with Crippen LogP contribution < -0.4 is 15.5 Å². The van der Waals surface area contributed by atoms with Crippen LogP contribution in [-0.4, -0.2) is 62.2 Å². The number of fused-ring (bicyclic) bond motifs is 1. The lowest BCUT2D eigenvalue weighted by molar-refractivity contribution is -0.139. The summed E-state index contributed by atoms with van der Waals surface area (Å²) < 4.78 is 0. The normalized spacial score (nSPS) is 14.4. The van der Waals surface area contributed by atoms with Crippen LogP contribution in [0.4, 0.5) is 5.69 Å². The number of aliphatic hydroxyl groups excluding tert-OH is 1. The van der Waals surface area contributed by atoms with Crippen molar-refractivity contribution in [3.63, 3.8) is 0 Å². The van der Waals surface area contributed by atoms with E-state index in [2.05, 4.69) is 69.0 Å². The molecule has 2 amide bonds. The third kappa shape index (κ3) is 6.06. The van der Waals surface area contributed by atoms with Crippen molar-refractivity contribution in [1.29, 1.82) is 0 Å². The van der Waals surface area contributed by atoms with Gasteiger partial charge in [-0.3, -0.25) is 14.5 Å². The van der Waals surface area contributed by atoms with E-state index in [9.17, 15) is 9.59 Å². The standard InChI is InChI=1S/C24H32N4O3/c1-27(2)21-10-8-19(9-11-21)22(16-26-24(31)23(30)25-13-5-15-29)28-14-12-18-6-3-4-7-20(18)17-28/h3-4,6-11,22,29H,5,12-17H2,1-2H3,(H,25,30)(H,26,31)/t22-/m1/s1. The molecule has 2 aromatic rings. The number of benzene rings is 2. The van der Waals surface area contributed by atoms with Crippen LogP contribution in [0.2, 0.25) is 0 Å². The summed E-state index contributed by atoms with van der Waals surface area (Å²) in [6.45, 7) is 2.28. The van der Waals surface area contributed by atoms with Crippen molar-refractivity contribution in [3.8, 4) is 0 Å². The van der Waals surface area contributed by atoms with Crippen LogP contribution in [0.3, 0.4) is 0 Å². The Labute approximate surface area is 184 Å². The smallest absolute Gasteiger partial charge is 0.309 e. The highest BCUT2D eigenvalue weighted by Gasteiger charge is 2.26. The maximum absolute atomic E-state index is 12.3. The molecule has 1 aliphatic heterocycles. The SMILES string of the molecule is CN(C)c1ccc([C@@H](CNC(=O)C(=O)NCCCO)N2CCc3ccccc3C2)cc1. The molecule has 0 radical (unpaired) electrons. The van der Waals surface area contributed by atoms with E-state index in [1.165, 1.54) is 11.1 Å². The largest absolute Gasteiger partial charge is 0.396 e. The topological polar surface area (TPSA) is 84.9 Å². The number of carbonyl (C=O) groups excluding carboxylic acids is 2. The molecule has 0 saturated heterocycles. The van der Waals surface area contributed by atoms with E-state index >= 15 is 0 Å². The Balaban J connectivity index is 1.73. The Morgan fingerprint density at radius 1 is 1.03 bits per heavy atom. The molecule has 7 nitrogen and oxygen atoms in total. The summed E-state index contributed by atoms with van der Waals surface area (Å²) in [6, 6.07) is 16.7. The lowest BCUT2D eigenvalue weighted by atomic mass is 9.96. The average molecular weight is 425 g/mol. The van der Waals surface area contributed by atoms with Crippen LogP contribution >= 0.6 is 0 Å². The van der Waals surface area contributed by atoms with E-state index < -0.39 is 11.8 Å². The minimum absolute atomic E-state index is 0.0245. The molecule has 1 heterocycles. The number of carbonyl (C=O) groups is 2. The van der Waals surface area contributed by atoms with Crippen LogP contribution in [0, 0.1) is 0 Å². The van der Waals surface area contributed by atoms with Crippen molar-refractivity contribution in [2.75, 3.05) is 45.2 Å². The minimum Gasteiger partial charge on any atom is -0.396 e. The summed E-state index contributed by atoms with van der Waals surface area (Å²) in [5.41, 5.74) is 4.88. The molecule has 0 spiro atoms. The van der Waals surface area contributed by atoms with E-state index in [1.807, 2.05) is 14.1 Å². The number of rotatable bonds is 8. The van der Waals surface area contributed by atoms with Gasteiger partial charge < -0.3 is 20.6 Å². The van der Waals surface area contributed by atoms with Gasteiger partial charge in [-0.2, -0.15) is 0 Å². The van der Waals surface area contributed by atoms with Gasteiger partial charge in [-0.1, -0.05) is 36.4 Å². The number of nitrogens with one attached hydrogen (secondary N) is 2. The van der Waals surface area contributed by atoms with Crippen LogP contribution in [0.25, 0.3) is 0 Å². The van der Waals surface area contributed by atoms with Gasteiger partial charge in [-0.15, -0.1) is 0 Å². The Kier molecular flexibility index (Phi) is 8.03. The van der Waals surface area contributed by atoms with Crippen molar-refractivity contribution in [1.82, 2.24) is 15.5 Å². The van der Waals surface area contributed by atoms with E-state index in [-0.39, 0.29) is 19.2 Å². The van der Waals surface area contributed by atoms with Crippen molar-refractivity contribution >= 4 is 17.5 Å². The van der Waals surface area contributed by atoms with Crippen molar-refractivity contribution in [3.05, 3.63) is 65.2 Å². The summed E-state index contributed by atoms with van der Waals surface area (Å²) in [6.07, 6.45) is 1.38. The molecular formula is C24H32N4O3. The quantitative estimate of drug-likeness (QED) is 0.441. The van der Waals surface area contributed by atoms with E-state index in [4.69, 9.17) is 5.11 Å². The molecule has 0 bridgehead atoms. The van der Waals surface area contributed by atoms with E-state index in [0.717, 1.165) is 30.8 Å². The molecule has 0 saturated carbocycles. The number of hydrogen-bond acceptors (Lipinski definition) is 5. The first-order valence-corrected chi connectivity index (χ1v) is 10.7. The van der Waals surface area contributed by atoms with Gasteiger partial charge in [-0.25, -0.2) is 0 Å². The van der Waals surface area contributed by atoms with Gasteiger partial charge in [-0.05, 0) is 41.7 Å². The lowest BCUT2D eigenvalue weighted by Crippen LogP contribution is -2.45. The number of aliphatic hydroxyl groups is 1. The molecule has 0 aliphatic carbocycles. The molecule has 166 valence electrons. The Bertz CT molecular complexity index is 883. The first-order valence-electron chi connectivity index (χ1n) is 10.7. The Morgan fingerprint density at radius 2 is 1.71 bits per heavy atom. The molecule has 0 unspecified atom stereocenters. The fourth-order valence-corrected chi connectivity index (χ4v) is 3.87. The molecule has 31 heavy (non-hydrogen) atoms. The Morgan fingerprint density at radius 3 is 2.39 bits per heavy atom. The van der Waals surface area contributed by atoms with Crippen LogP contribution in [0.5, 0.6) is 0 Å². The zero-order valence-electron chi connectivity index (χ0n) is 18.3. The second kappa shape index (κ2) is 10.9. The van der Waals surface area contributed by atoms with Crippen LogP contribution in [-0.2, 0) is 22.6 Å². The summed E-state index contributed by atoms with van der Waals surface area (Å²) in [7, 11) is 4.01. The van der Waals surface area contributed by atoms with Crippen LogP contribution in [0.1, 0.15) is 29.2 Å². The fraction of sp³-hybridized carbons (Fsp3) is 0.417. The summed E-state index contributed by atoms with van der Waals surface area (Å²) in [4.78, 5) is 28.7. The number of anilines is 1. The van der Waals surface area contributed by atoms with Crippen molar-refractivity contribution < 1.29 is 14.7 Å². The highest BCUT2D eigenvalue weighted by atomic mass is 16.3. The zero-order valence-corrected chi connectivity index (χ0v) is 18.3. The molecule has 7 heteroatoms. The molecule has 2 aromatic carbocycles. The lowest BCUT2D eigenvalue weighted by Gasteiger charge is -2.36. The van der Waals surface area contributed by atoms with E-state index in [0.29, 0.717) is 13.0 Å². The van der Waals surface area contributed by atoms with Gasteiger partial charge in [0.25, 0.3) is 0 Å². The predicted octanol–water partition coefficient (Wildman–Crippen LogP) is 1.47. The molecule has 0 aromatic heterocycles. The molecule has 3 rings (SSSR count). The van der Waals surface area contributed by atoms with Crippen molar-refractivity contribution in [2.45, 2.75) is 25.4 Å². The number of nitrogens with zero attached hydrogens (tertiary/aromatic N) is 2. The van der Waals surface area contributed by atoms with Crippen LogP contribution in [0.15, 0.2) is 48.5 Å². The molecule has 1 atom stereocenters. The van der Waals surface area contributed by atoms with Gasteiger partial charge in [0, 0.05) is 52.6 Å². The fourth-order valence-electron chi connectivity index (χ4n) is 3.87. The Hall–Kier alpha value is -2.90. The molecule has 0 fully saturated rings. The third-order valence-electron chi connectivity index (χ3n) is 5.68. The summed E-state index contributed by atoms with van der Waals surface area (Å²) in [5.74, 6) is -1.32. The predicted molar refractivity (Wildman–Crippen MR) is 122 cm³/mol. The summed E-state index contributed by atoms with van der Waals surface area (Å²) >= 11 is 0. The second-order valence-corrected chi connectivity index (χ2v) is 8.03. The van der Waals surface area contributed by atoms with Gasteiger partial charge in [0.05, 0.1) is 6.04 Å².